The van der Waals surface area contributed by atoms with Gasteiger partial charge in [0.2, 0.25) is 0 Å². The van der Waals surface area contributed by atoms with Crippen molar-refractivity contribution >= 4 is 0 Å². The Morgan fingerprint density at radius 1 is 0.720 bits per heavy atom. The van der Waals surface area contributed by atoms with E-state index in [1.165, 1.54) is 11.1 Å². The van der Waals surface area contributed by atoms with Crippen LogP contribution in [0.3, 0.4) is 0 Å². The molecule has 3 heteroatoms. The van der Waals surface area contributed by atoms with Gasteiger partial charge in [-0.05, 0) is 34.1 Å². The number of H-pyrrole nitrogens is 1. The molecule has 3 rings (SSSR count). The summed E-state index contributed by atoms with van der Waals surface area (Å²) >= 11 is 0. The van der Waals surface area contributed by atoms with E-state index >= 15 is 0 Å². The molecule has 0 saturated heterocycles. The fourth-order valence-electron chi connectivity index (χ4n) is 2.78. The maximum Gasteiger partial charge on any atom is 0.181 e. The fourth-order valence-corrected chi connectivity index (χ4v) is 2.78. The minimum absolute atomic E-state index is 0.107. The normalized spacial score (nSPS) is 12.4. The van der Waals surface area contributed by atoms with Gasteiger partial charge in [0.25, 0.3) is 0 Å². The molecule has 0 spiro atoms. The van der Waals surface area contributed by atoms with Crippen LogP contribution in [0, 0.1) is 0 Å². The number of rotatable bonds is 2. The first-order valence-corrected chi connectivity index (χ1v) is 8.79. The number of benzene rings is 2. The fraction of sp³-hybridized carbons (Fsp3) is 0.364. The molecule has 2 aromatic carbocycles. The number of nitrogens with zero attached hydrogens (tertiary/aromatic N) is 2. The third-order valence-corrected chi connectivity index (χ3v) is 4.47. The topological polar surface area (TPSA) is 41.6 Å². The lowest BCUT2D eigenvalue weighted by atomic mass is 9.86. The molecule has 3 aromatic rings. The van der Waals surface area contributed by atoms with Crippen molar-refractivity contribution in [1.29, 1.82) is 0 Å². The van der Waals surface area contributed by atoms with E-state index in [0.717, 1.165) is 22.8 Å². The second-order valence-electron chi connectivity index (χ2n) is 8.67. The molecule has 0 aliphatic heterocycles. The molecule has 0 aliphatic rings. The molecule has 0 saturated carbocycles. The second kappa shape index (κ2) is 6.14. The van der Waals surface area contributed by atoms with Gasteiger partial charge in [0.05, 0.1) is 0 Å². The van der Waals surface area contributed by atoms with Gasteiger partial charge in [0.1, 0.15) is 0 Å². The Balaban J connectivity index is 1.96. The predicted molar refractivity (Wildman–Crippen MR) is 105 cm³/mol. The highest BCUT2D eigenvalue weighted by atomic mass is 15.2. The average molecular weight is 333 g/mol. The first-order chi connectivity index (χ1) is 11.6. The van der Waals surface area contributed by atoms with Crippen LogP contribution in [0.2, 0.25) is 0 Å². The molecule has 130 valence electrons. The molecule has 0 atom stereocenters. The van der Waals surface area contributed by atoms with Crippen LogP contribution in [0.15, 0.2) is 48.5 Å². The van der Waals surface area contributed by atoms with Gasteiger partial charge in [-0.1, -0.05) is 77.9 Å². The highest BCUT2D eigenvalue weighted by Gasteiger charge is 2.17. The molecule has 25 heavy (non-hydrogen) atoms. The van der Waals surface area contributed by atoms with Gasteiger partial charge in [0.15, 0.2) is 11.6 Å². The van der Waals surface area contributed by atoms with Crippen LogP contribution in [0.1, 0.15) is 52.7 Å². The Hall–Kier alpha value is -2.42. The van der Waals surface area contributed by atoms with E-state index < -0.39 is 0 Å². The summed E-state index contributed by atoms with van der Waals surface area (Å²) in [5.74, 6) is 1.55. The van der Waals surface area contributed by atoms with Crippen molar-refractivity contribution < 1.29 is 0 Å². The van der Waals surface area contributed by atoms with Crippen LogP contribution in [0.25, 0.3) is 22.8 Å². The molecule has 1 aromatic heterocycles. The summed E-state index contributed by atoms with van der Waals surface area (Å²) in [4.78, 5) is 4.73. The first-order valence-electron chi connectivity index (χ1n) is 8.79. The number of hydrogen-bond acceptors (Lipinski definition) is 2. The van der Waals surface area contributed by atoms with E-state index in [4.69, 9.17) is 4.98 Å². The molecular weight excluding hydrogens is 306 g/mol. The monoisotopic (exact) mass is 333 g/mol. The van der Waals surface area contributed by atoms with Crippen molar-refractivity contribution in [3.05, 3.63) is 59.7 Å². The summed E-state index contributed by atoms with van der Waals surface area (Å²) in [6.07, 6.45) is 0. The molecule has 0 unspecified atom stereocenters. The van der Waals surface area contributed by atoms with Gasteiger partial charge in [-0.15, -0.1) is 0 Å². The van der Waals surface area contributed by atoms with Crippen molar-refractivity contribution in [2.75, 3.05) is 0 Å². The van der Waals surface area contributed by atoms with Gasteiger partial charge in [-0.25, -0.2) is 4.98 Å². The standard InChI is InChI=1S/C22H27N3/c1-21(2,3)17-11-7-9-15(13-17)19-23-20(25-24-19)16-10-8-12-18(14-16)22(4,5)6/h7-14H,1-6H3,(H,23,24,25). The van der Waals surface area contributed by atoms with Gasteiger partial charge in [0, 0.05) is 11.1 Å². The summed E-state index contributed by atoms with van der Waals surface area (Å²) in [5.41, 5.74) is 4.90. The average Bonchev–Trinajstić information content (AvgIpc) is 3.04. The van der Waals surface area contributed by atoms with E-state index in [1.54, 1.807) is 0 Å². The van der Waals surface area contributed by atoms with Crippen LogP contribution >= 0.6 is 0 Å². The molecule has 3 nitrogen and oxygen atoms in total. The van der Waals surface area contributed by atoms with E-state index in [-0.39, 0.29) is 10.8 Å². The quantitative estimate of drug-likeness (QED) is 0.650. The Morgan fingerprint density at radius 3 is 1.80 bits per heavy atom. The molecule has 0 fully saturated rings. The summed E-state index contributed by atoms with van der Waals surface area (Å²) in [6, 6.07) is 17.0. The van der Waals surface area contributed by atoms with Crippen LogP contribution in [0.5, 0.6) is 0 Å². The lowest BCUT2D eigenvalue weighted by Gasteiger charge is -2.19. The maximum absolute atomic E-state index is 4.73. The van der Waals surface area contributed by atoms with Crippen LogP contribution < -0.4 is 0 Å². The lowest BCUT2D eigenvalue weighted by Crippen LogP contribution is -2.10. The van der Waals surface area contributed by atoms with E-state index in [0.29, 0.717) is 0 Å². The highest BCUT2D eigenvalue weighted by molar-refractivity contribution is 5.62. The Kier molecular flexibility index (Phi) is 4.28. The molecule has 0 amide bonds. The van der Waals surface area contributed by atoms with E-state index in [1.807, 2.05) is 0 Å². The van der Waals surface area contributed by atoms with Gasteiger partial charge in [-0.2, -0.15) is 5.10 Å². The van der Waals surface area contributed by atoms with Gasteiger partial charge in [-0.3, -0.25) is 5.10 Å². The summed E-state index contributed by atoms with van der Waals surface area (Å²) in [6.45, 7) is 13.3. The van der Waals surface area contributed by atoms with Crippen molar-refractivity contribution in [3.8, 4) is 22.8 Å². The van der Waals surface area contributed by atoms with Crippen molar-refractivity contribution in [2.24, 2.45) is 0 Å². The smallest absolute Gasteiger partial charge is 0.181 e. The predicted octanol–water partition coefficient (Wildman–Crippen LogP) is 5.73. The number of aromatic nitrogens is 3. The third-order valence-electron chi connectivity index (χ3n) is 4.47. The molecule has 0 bridgehead atoms. The summed E-state index contributed by atoms with van der Waals surface area (Å²) in [7, 11) is 0. The molecule has 1 N–H and O–H groups in total. The number of nitrogens with one attached hydrogen (secondary N) is 1. The van der Waals surface area contributed by atoms with Crippen molar-refractivity contribution in [2.45, 2.75) is 52.4 Å². The van der Waals surface area contributed by atoms with Crippen LogP contribution in [-0.2, 0) is 10.8 Å². The first kappa shape index (κ1) is 17.4. The zero-order chi connectivity index (χ0) is 18.2. The molecular formula is C22H27N3. The Morgan fingerprint density at radius 2 is 1.24 bits per heavy atom. The SMILES string of the molecule is CC(C)(C)c1cccc(-c2n[nH]c(-c3cccc(C(C)(C)C)c3)n2)c1. The van der Waals surface area contributed by atoms with Gasteiger partial charge >= 0.3 is 0 Å². The largest absolute Gasteiger partial charge is 0.259 e. The zero-order valence-corrected chi connectivity index (χ0v) is 16.0. The van der Waals surface area contributed by atoms with Crippen molar-refractivity contribution in [3.63, 3.8) is 0 Å². The third kappa shape index (κ3) is 3.81. The molecule has 1 heterocycles. The van der Waals surface area contributed by atoms with Crippen molar-refractivity contribution in [1.82, 2.24) is 15.2 Å². The highest BCUT2D eigenvalue weighted by Crippen LogP contribution is 2.29. The molecule has 0 aliphatic carbocycles. The number of hydrogen-bond donors (Lipinski definition) is 1. The second-order valence-corrected chi connectivity index (χ2v) is 8.67. The summed E-state index contributed by atoms with van der Waals surface area (Å²) < 4.78 is 0. The Bertz CT molecular complexity index is 805. The van der Waals surface area contributed by atoms with Gasteiger partial charge < -0.3 is 0 Å². The van der Waals surface area contributed by atoms with Crippen LogP contribution in [0.4, 0.5) is 0 Å². The lowest BCUT2D eigenvalue weighted by molar-refractivity contribution is 0.590. The minimum atomic E-state index is 0.107. The van der Waals surface area contributed by atoms with E-state index in [2.05, 4.69) is 100 Å². The van der Waals surface area contributed by atoms with E-state index in [9.17, 15) is 0 Å². The zero-order valence-electron chi connectivity index (χ0n) is 16.0. The Labute approximate surface area is 150 Å². The number of aromatic amines is 1. The summed E-state index contributed by atoms with van der Waals surface area (Å²) in [5, 5.41) is 7.54. The minimum Gasteiger partial charge on any atom is -0.259 e. The maximum atomic E-state index is 4.73. The van der Waals surface area contributed by atoms with Crippen LogP contribution in [-0.4, -0.2) is 15.2 Å². The molecule has 0 radical (unpaired) electrons.